The van der Waals surface area contributed by atoms with E-state index in [2.05, 4.69) is 32.2 Å². The first kappa shape index (κ1) is 27.2. The fourth-order valence-corrected chi connectivity index (χ4v) is 6.45. The first-order valence-electron chi connectivity index (χ1n) is 14.0. The molecule has 3 aliphatic rings. The zero-order valence-electron chi connectivity index (χ0n) is 23.1. The maximum atomic E-state index is 11.8. The Morgan fingerprint density at radius 2 is 1.98 bits per heavy atom. The fraction of sp³-hybridized carbons (Fsp3) is 0.571. The smallest absolute Gasteiger partial charge is 0.383 e. The van der Waals surface area contributed by atoms with Crippen molar-refractivity contribution in [3.05, 3.63) is 35.2 Å². The topological polar surface area (TPSA) is 116 Å². The minimum absolute atomic E-state index is 0.0873. The van der Waals surface area contributed by atoms with E-state index < -0.39 is 12.3 Å². The van der Waals surface area contributed by atoms with Crippen LogP contribution in [0.25, 0.3) is 22.3 Å². The molecule has 0 radical (unpaired) electrons. The molecular formula is C28H36ClN7O4. The molecule has 3 fully saturated rings. The number of aromatic nitrogens is 4. The lowest BCUT2D eigenvalue weighted by molar-refractivity contribution is 0.110. The number of imidazole rings is 1. The number of pyridine rings is 2. The van der Waals surface area contributed by atoms with Crippen LogP contribution in [0.4, 0.5) is 10.7 Å². The third-order valence-electron chi connectivity index (χ3n) is 8.43. The van der Waals surface area contributed by atoms with Crippen LogP contribution in [0.5, 0.6) is 0 Å². The number of amides is 1. The van der Waals surface area contributed by atoms with Crippen LogP contribution in [0, 0.1) is 11.8 Å². The van der Waals surface area contributed by atoms with Gasteiger partial charge >= 0.3 is 6.09 Å². The molecule has 3 aromatic rings. The van der Waals surface area contributed by atoms with Crippen molar-refractivity contribution in [2.75, 3.05) is 32.3 Å². The number of ether oxygens (including phenoxy) is 2. The molecule has 2 aliphatic heterocycles. The molecule has 0 aromatic carbocycles. The summed E-state index contributed by atoms with van der Waals surface area (Å²) < 4.78 is 13.7. The van der Waals surface area contributed by atoms with Gasteiger partial charge in [-0.2, -0.15) is 0 Å². The van der Waals surface area contributed by atoms with E-state index in [1.165, 1.54) is 25.7 Å². The maximum absolute atomic E-state index is 11.8. The third-order valence-corrected chi connectivity index (χ3v) is 8.64. The molecule has 1 unspecified atom stereocenters. The molecule has 40 heavy (non-hydrogen) atoms. The van der Waals surface area contributed by atoms with Crippen LogP contribution >= 0.6 is 11.6 Å². The maximum Gasteiger partial charge on any atom is 0.427 e. The zero-order valence-corrected chi connectivity index (χ0v) is 23.9. The summed E-state index contributed by atoms with van der Waals surface area (Å²) in [6.07, 6.45) is 7.97. The van der Waals surface area contributed by atoms with Crippen molar-refractivity contribution < 1.29 is 19.1 Å². The molecule has 0 spiro atoms. The number of methoxy groups -OCH3 is 2. The highest BCUT2D eigenvalue weighted by Crippen LogP contribution is 2.38. The quantitative estimate of drug-likeness (QED) is 0.406. The predicted molar refractivity (Wildman–Crippen MR) is 151 cm³/mol. The summed E-state index contributed by atoms with van der Waals surface area (Å²) in [4.78, 5) is 33.7. The van der Waals surface area contributed by atoms with Crippen LogP contribution in [-0.4, -0.2) is 65.1 Å². The fourth-order valence-electron chi connectivity index (χ4n) is 6.28. The van der Waals surface area contributed by atoms with Crippen molar-refractivity contribution in [1.29, 1.82) is 0 Å². The first-order chi connectivity index (χ1) is 19.4. The predicted octanol–water partition coefficient (Wildman–Crippen LogP) is 4.46. The first-order valence-corrected chi connectivity index (χ1v) is 14.3. The Morgan fingerprint density at radius 1 is 1.15 bits per heavy atom. The number of nitrogens with one attached hydrogen (secondary N) is 2. The summed E-state index contributed by atoms with van der Waals surface area (Å²) in [5, 5.41) is 3.27. The number of fused-ring (bicyclic) bond motifs is 1. The lowest BCUT2D eigenvalue weighted by Gasteiger charge is -2.30. The van der Waals surface area contributed by atoms with Gasteiger partial charge in [0, 0.05) is 45.3 Å². The highest BCUT2D eigenvalue weighted by molar-refractivity contribution is 6.30. The molecule has 2 saturated heterocycles. The number of hydrogen-bond donors (Lipinski definition) is 2. The van der Waals surface area contributed by atoms with Crippen molar-refractivity contribution in [2.45, 2.75) is 63.9 Å². The average molecular weight is 570 g/mol. The van der Waals surface area contributed by atoms with Gasteiger partial charge in [-0.25, -0.2) is 14.8 Å². The number of rotatable bonds is 8. The van der Waals surface area contributed by atoms with Gasteiger partial charge in [-0.05, 0) is 43.2 Å². The number of carbonyl (C=O) groups excluding carboxylic acids is 1. The summed E-state index contributed by atoms with van der Waals surface area (Å²) in [6, 6.07) is 3.91. The molecule has 1 saturated carbocycles. The molecule has 3 aromatic heterocycles. The highest BCUT2D eigenvalue weighted by Gasteiger charge is 2.37. The molecule has 6 rings (SSSR count). The monoisotopic (exact) mass is 569 g/mol. The molecular weight excluding hydrogens is 534 g/mol. The Morgan fingerprint density at radius 3 is 2.67 bits per heavy atom. The summed E-state index contributed by atoms with van der Waals surface area (Å²) in [5.41, 5.74) is 6.48. The van der Waals surface area contributed by atoms with Crippen molar-refractivity contribution >= 4 is 34.7 Å². The van der Waals surface area contributed by atoms with E-state index in [1.54, 1.807) is 26.6 Å². The number of anilines is 1. The van der Waals surface area contributed by atoms with Crippen molar-refractivity contribution in [3.63, 3.8) is 0 Å². The summed E-state index contributed by atoms with van der Waals surface area (Å²) in [6.45, 7) is 4.47. The number of hydroxylamine groups is 1. The van der Waals surface area contributed by atoms with E-state index in [1.807, 2.05) is 12.1 Å². The SMILES string of the molecule is COC[C@@H]1C[C@@H](OC)CN1c1nc2cc(C3NOC(=O)N3)nc(-c3cncc(Cl)c3)c2n1CC1CCC(C)CC1. The van der Waals surface area contributed by atoms with Gasteiger partial charge in [0.1, 0.15) is 0 Å². The van der Waals surface area contributed by atoms with E-state index in [0.29, 0.717) is 28.9 Å². The van der Waals surface area contributed by atoms with Crippen LogP contribution in [0.2, 0.25) is 5.02 Å². The van der Waals surface area contributed by atoms with Crippen LogP contribution in [0.1, 0.15) is 50.9 Å². The largest absolute Gasteiger partial charge is 0.427 e. The number of hydrogen-bond acceptors (Lipinski definition) is 9. The van der Waals surface area contributed by atoms with Gasteiger partial charge in [-0.3, -0.25) is 10.3 Å². The van der Waals surface area contributed by atoms with Crippen LogP contribution in [0.3, 0.4) is 0 Å². The van der Waals surface area contributed by atoms with Gasteiger partial charge in [-0.1, -0.05) is 31.4 Å². The standard InChI is InChI=1S/C28H36ClN7O4/c1-16-4-6-17(7-5-16)13-36-25-22(32-27(36)35-14-21(39-3)9-20(35)15-38-2)10-23(26-33-28(37)40-34-26)31-24(25)18-8-19(29)12-30-11-18/h8,10-12,16-17,20-21,26,34H,4-7,9,13-15H2,1-3H3,(H,33,37)/t16?,17?,20-,21+,26?/m0/s1. The van der Waals surface area contributed by atoms with Crippen LogP contribution in [0.15, 0.2) is 24.5 Å². The van der Waals surface area contributed by atoms with Crippen LogP contribution < -0.4 is 15.7 Å². The molecule has 1 amide bonds. The van der Waals surface area contributed by atoms with Crippen molar-refractivity contribution in [2.24, 2.45) is 11.8 Å². The van der Waals surface area contributed by atoms with Gasteiger partial charge in [0.25, 0.3) is 0 Å². The number of carbonyl (C=O) groups is 1. The molecule has 11 nitrogen and oxygen atoms in total. The third kappa shape index (κ3) is 5.35. The summed E-state index contributed by atoms with van der Waals surface area (Å²) in [5.74, 6) is 2.17. The zero-order chi connectivity index (χ0) is 27.8. The van der Waals surface area contributed by atoms with Gasteiger partial charge in [0.2, 0.25) is 5.95 Å². The Labute approximate surface area is 238 Å². The number of nitrogens with zero attached hydrogens (tertiary/aromatic N) is 5. The van der Waals surface area contributed by atoms with Crippen molar-refractivity contribution in [1.82, 2.24) is 30.3 Å². The number of halogens is 1. The molecule has 214 valence electrons. The summed E-state index contributed by atoms with van der Waals surface area (Å²) in [7, 11) is 3.49. The van der Waals surface area contributed by atoms with Crippen molar-refractivity contribution in [3.8, 4) is 11.3 Å². The Kier molecular flexibility index (Phi) is 7.80. The van der Waals surface area contributed by atoms with Gasteiger partial charge in [0.15, 0.2) is 6.17 Å². The Balaban J connectivity index is 1.54. The normalized spacial score (nSPS) is 26.9. The second kappa shape index (κ2) is 11.5. The Hall–Kier alpha value is -2.99. The highest BCUT2D eigenvalue weighted by atomic mass is 35.5. The van der Waals surface area contributed by atoms with E-state index >= 15 is 0 Å². The molecule has 0 bridgehead atoms. The lowest BCUT2D eigenvalue weighted by Crippen LogP contribution is -2.35. The molecule has 2 N–H and O–H groups in total. The van der Waals surface area contributed by atoms with Crippen LogP contribution in [-0.2, 0) is 20.9 Å². The van der Waals surface area contributed by atoms with E-state index in [-0.39, 0.29) is 12.1 Å². The molecule has 12 heteroatoms. The molecule has 3 atom stereocenters. The lowest BCUT2D eigenvalue weighted by atomic mass is 9.83. The van der Waals surface area contributed by atoms with E-state index in [4.69, 9.17) is 35.9 Å². The van der Waals surface area contributed by atoms with E-state index in [9.17, 15) is 4.79 Å². The average Bonchev–Trinajstić information content (AvgIpc) is 3.66. The minimum Gasteiger partial charge on any atom is -0.383 e. The van der Waals surface area contributed by atoms with Gasteiger partial charge < -0.3 is 23.8 Å². The second-order valence-electron chi connectivity index (χ2n) is 11.2. The summed E-state index contributed by atoms with van der Waals surface area (Å²) >= 11 is 6.40. The van der Waals surface area contributed by atoms with E-state index in [0.717, 1.165) is 48.0 Å². The van der Waals surface area contributed by atoms with Gasteiger partial charge in [0.05, 0.1) is 46.2 Å². The molecule has 1 aliphatic carbocycles. The van der Waals surface area contributed by atoms with Gasteiger partial charge in [-0.15, -0.1) is 5.48 Å². The second-order valence-corrected chi connectivity index (χ2v) is 11.7. The minimum atomic E-state index is -0.609. The molecule has 5 heterocycles. The Bertz CT molecular complexity index is 1380.